The van der Waals surface area contributed by atoms with Gasteiger partial charge in [-0.1, -0.05) is 11.6 Å². The minimum Gasteiger partial charge on any atom is -0.381 e. The first-order chi connectivity index (χ1) is 18.7. The largest absolute Gasteiger partial charge is 0.381 e. The summed E-state index contributed by atoms with van der Waals surface area (Å²) in [6.45, 7) is 3.92. The summed E-state index contributed by atoms with van der Waals surface area (Å²) in [6.07, 6.45) is 12.5. The second-order valence-electron chi connectivity index (χ2n) is 10.9. The molecule has 7 rings (SSSR count). The molecule has 4 aromatic rings. The summed E-state index contributed by atoms with van der Waals surface area (Å²) in [7, 11) is 0. The highest BCUT2D eigenvalue weighted by molar-refractivity contribution is 14.2. The number of halogens is 2. The number of nitrogens with zero attached hydrogens (tertiary/aromatic N) is 5. The number of aryl methyl sites for hydroxylation is 1. The van der Waals surface area contributed by atoms with Crippen molar-refractivity contribution in [2.75, 3.05) is 33.0 Å². The van der Waals surface area contributed by atoms with Gasteiger partial charge in [0.25, 0.3) is 0 Å². The van der Waals surface area contributed by atoms with E-state index in [9.17, 15) is 4.39 Å². The summed E-state index contributed by atoms with van der Waals surface area (Å²) in [5.41, 5.74) is 10.3. The van der Waals surface area contributed by atoms with Crippen LogP contribution in [0, 0.1) is 11.8 Å². The van der Waals surface area contributed by atoms with Crippen LogP contribution in [0.3, 0.4) is 0 Å². The molecule has 198 valence electrons. The van der Waals surface area contributed by atoms with Crippen LogP contribution in [0.2, 0.25) is 0 Å². The lowest BCUT2D eigenvalue weighted by Gasteiger charge is -2.37. The normalized spacial score (nSPS) is 20.1. The van der Waals surface area contributed by atoms with Gasteiger partial charge in [-0.15, -0.1) is 0 Å². The summed E-state index contributed by atoms with van der Waals surface area (Å²) in [5, 5.41) is 5.99. The third-order valence-corrected chi connectivity index (χ3v) is 10.4. The molecule has 0 spiro atoms. The molecular weight excluding hydrogens is 611 g/mol. The Hall–Kier alpha value is -1.87. The van der Waals surface area contributed by atoms with Gasteiger partial charge in [-0.25, -0.2) is 9.44 Å². The molecule has 2 saturated heterocycles. The number of ether oxygens (including phenoxy) is 1. The highest BCUT2D eigenvalue weighted by Crippen LogP contribution is 2.43. The van der Waals surface area contributed by atoms with Crippen molar-refractivity contribution in [3.05, 3.63) is 70.8 Å². The second-order valence-corrected chi connectivity index (χ2v) is 13.0. The molecule has 2 fully saturated rings. The Balaban J connectivity index is 1.33. The van der Waals surface area contributed by atoms with Gasteiger partial charge in [-0.2, -0.15) is 5.10 Å². The Labute approximate surface area is 236 Å². The molecule has 3 aliphatic rings. The number of likely N-dealkylation sites (tertiary alicyclic amines) is 1. The number of allylic oxidation sites excluding steroid dienone is 1. The Morgan fingerprint density at radius 2 is 2.00 bits per heavy atom. The molecule has 3 aromatic heterocycles. The van der Waals surface area contributed by atoms with Gasteiger partial charge in [0, 0.05) is 56.5 Å². The lowest BCUT2D eigenvalue weighted by molar-refractivity contribution is 0.0727. The van der Waals surface area contributed by atoms with Crippen molar-refractivity contribution in [1.29, 1.82) is 0 Å². The maximum Gasteiger partial charge on any atom is 0.137 e. The third-order valence-electron chi connectivity index (χ3n) is 8.56. The molecule has 1 unspecified atom stereocenters. The predicted octanol–water partition coefficient (Wildman–Crippen LogP) is 6.44. The van der Waals surface area contributed by atoms with E-state index in [1.807, 2.05) is 0 Å². The quantitative estimate of drug-likeness (QED) is 0.179. The summed E-state index contributed by atoms with van der Waals surface area (Å²) in [5.74, 6) is 0.751. The SMILES string of the molecule is FCC1CN(Cc2cn3ccc(C4=C(C5CCOCC5)CCCc5c4ccc4c5cnn4PI)cc3n2)C1. The van der Waals surface area contributed by atoms with Crippen LogP contribution in [0.25, 0.3) is 22.1 Å². The van der Waals surface area contributed by atoms with Crippen LogP contribution in [-0.2, 0) is 17.7 Å². The molecule has 38 heavy (non-hydrogen) atoms. The van der Waals surface area contributed by atoms with E-state index in [0.29, 0.717) is 12.3 Å². The van der Waals surface area contributed by atoms with Gasteiger partial charge in [-0.05, 0) is 101 Å². The van der Waals surface area contributed by atoms with E-state index in [1.165, 1.54) is 33.2 Å². The fraction of sp³-hybridized carbons (Fsp3) is 0.448. The molecule has 5 heterocycles. The van der Waals surface area contributed by atoms with Crippen molar-refractivity contribution < 1.29 is 9.13 Å². The van der Waals surface area contributed by atoms with Crippen molar-refractivity contribution in [2.24, 2.45) is 11.8 Å². The Bertz CT molecular complexity index is 1520. The fourth-order valence-electron chi connectivity index (χ4n) is 6.68. The molecule has 6 nitrogen and oxygen atoms in total. The molecular formula is C29H32FIN5OP. The number of fused-ring (bicyclic) bond motifs is 4. The number of imidazole rings is 1. The maximum atomic E-state index is 12.9. The summed E-state index contributed by atoms with van der Waals surface area (Å²) in [6, 6.07) is 9.15. The average Bonchev–Trinajstić information content (AvgIpc) is 3.48. The van der Waals surface area contributed by atoms with Crippen LogP contribution in [-0.4, -0.2) is 56.8 Å². The summed E-state index contributed by atoms with van der Waals surface area (Å²) >= 11 is 2.41. The predicted molar refractivity (Wildman–Crippen MR) is 160 cm³/mol. The van der Waals surface area contributed by atoms with E-state index in [0.717, 1.165) is 76.3 Å². The lowest BCUT2D eigenvalue weighted by atomic mass is 9.81. The van der Waals surface area contributed by atoms with Crippen LogP contribution in [0.4, 0.5) is 4.39 Å². The molecule has 1 aliphatic carbocycles. The van der Waals surface area contributed by atoms with Crippen LogP contribution in [0.15, 0.2) is 48.4 Å². The summed E-state index contributed by atoms with van der Waals surface area (Å²) < 4.78 is 22.9. The molecule has 0 amide bonds. The van der Waals surface area contributed by atoms with Gasteiger partial charge in [-0.3, -0.25) is 9.29 Å². The number of alkyl halides is 1. The number of benzene rings is 1. The van der Waals surface area contributed by atoms with Gasteiger partial charge < -0.3 is 9.14 Å². The van der Waals surface area contributed by atoms with E-state index >= 15 is 0 Å². The molecule has 9 heteroatoms. The van der Waals surface area contributed by atoms with Gasteiger partial charge in [0.1, 0.15) is 5.65 Å². The molecule has 0 bridgehead atoms. The first-order valence-electron chi connectivity index (χ1n) is 13.7. The van der Waals surface area contributed by atoms with Gasteiger partial charge >= 0.3 is 0 Å². The number of hydrogen-bond acceptors (Lipinski definition) is 4. The molecule has 0 saturated carbocycles. The van der Waals surface area contributed by atoms with Crippen molar-refractivity contribution >= 4 is 50.5 Å². The Kier molecular flexibility index (Phi) is 7.01. The van der Waals surface area contributed by atoms with Crippen molar-refractivity contribution in [1.82, 2.24) is 23.8 Å². The molecule has 2 aliphatic heterocycles. The van der Waals surface area contributed by atoms with Crippen molar-refractivity contribution in [2.45, 2.75) is 38.6 Å². The monoisotopic (exact) mass is 643 g/mol. The molecule has 0 radical (unpaired) electrons. The van der Waals surface area contributed by atoms with E-state index in [2.05, 4.69) is 78.6 Å². The summed E-state index contributed by atoms with van der Waals surface area (Å²) in [4.78, 5) is 7.27. The van der Waals surface area contributed by atoms with Crippen LogP contribution < -0.4 is 0 Å². The zero-order valence-corrected chi connectivity index (χ0v) is 24.5. The first kappa shape index (κ1) is 25.1. The van der Waals surface area contributed by atoms with E-state index in [-0.39, 0.29) is 12.6 Å². The van der Waals surface area contributed by atoms with E-state index < -0.39 is 0 Å². The standard InChI is InChI=1S/C29H32FIN5OP/c30-13-19-15-34(16-19)17-22-18-35-9-6-21(12-28(35)33-22)29-23(20-7-10-37-11-8-20)2-1-3-24-25(29)4-5-27-26(24)14-32-36(27)38-31/h4-6,9,12,14,18-20,38H,1-3,7-8,10-11,13,15-17H2. The third kappa shape index (κ3) is 4.51. The Morgan fingerprint density at radius 3 is 2.82 bits per heavy atom. The average molecular weight is 643 g/mol. The van der Waals surface area contributed by atoms with E-state index in [1.54, 1.807) is 5.57 Å². The molecule has 1 aromatic carbocycles. The van der Waals surface area contributed by atoms with Gasteiger partial charge in [0.2, 0.25) is 0 Å². The molecule has 0 N–H and O–H groups in total. The van der Waals surface area contributed by atoms with E-state index in [4.69, 9.17) is 14.8 Å². The number of pyridine rings is 1. The minimum absolute atomic E-state index is 0.195. The first-order valence-corrected chi connectivity index (χ1v) is 17.7. The fourth-order valence-corrected chi connectivity index (χ4v) is 8.22. The molecule has 1 atom stereocenters. The smallest absolute Gasteiger partial charge is 0.137 e. The number of rotatable bonds is 6. The van der Waals surface area contributed by atoms with Crippen LogP contribution in [0.1, 0.15) is 48.1 Å². The van der Waals surface area contributed by atoms with Crippen molar-refractivity contribution in [3.63, 3.8) is 0 Å². The lowest BCUT2D eigenvalue weighted by Crippen LogP contribution is -2.46. The van der Waals surface area contributed by atoms with Crippen LogP contribution >= 0.6 is 28.4 Å². The van der Waals surface area contributed by atoms with Crippen LogP contribution in [0.5, 0.6) is 0 Å². The topological polar surface area (TPSA) is 47.6 Å². The van der Waals surface area contributed by atoms with Gasteiger partial charge in [0.05, 0.1) is 30.5 Å². The minimum atomic E-state index is -0.220. The zero-order chi connectivity index (χ0) is 25.6. The zero-order valence-electron chi connectivity index (χ0n) is 21.4. The highest BCUT2D eigenvalue weighted by atomic mass is 127. The Morgan fingerprint density at radius 1 is 1.13 bits per heavy atom. The second kappa shape index (κ2) is 10.6. The van der Waals surface area contributed by atoms with Gasteiger partial charge in [0.15, 0.2) is 0 Å². The number of aromatic nitrogens is 4. The maximum absolute atomic E-state index is 12.9. The van der Waals surface area contributed by atoms with Crippen molar-refractivity contribution in [3.8, 4) is 0 Å². The number of hydrogen-bond donors (Lipinski definition) is 0. The highest BCUT2D eigenvalue weighted by Gasteiger charge is 2.29.